The number of aliphatic hydroxyl groups is 1. The third kappa shape index (κ3) is 3.04. The van der Waals surface area contributed by atoms with Gasteiger partial charge in [-0.2, -0.15) is 17.0 Å². The summed E-state index contributed by atoms with van der Waals surface area (Å²) < 4.78 is 28.4. The zero-order chi connectivity index (χ0) is 13.0. The smallest absolute Gasteiger partial charge is 0.282 e. The Kier molecular flexibility index (Phi) is 5.00. The normalized spacial score (nSPS) is 29.1. The van der Waals surface area contributed by atoms with Gasteiger partial charge in [0.25, 0.3) is 10.2 Å². The van der Waals surface area contributed by atoms with E-state index in [4.69, 9.17) is 0 Å². The molecule has 18 heavy (non-hydrogen) atoms. The van der Waals surface area contributed by atoms with Crippen molar-refractivity contribution in [1.29, 1.82) is 0 Å². The monoisotopic (exact) mass is 276 g/mol. The Hall–Kier alpha value is -0.170. The highest BCUT2D eigenvalue weighted by Crippen LogP contribution is 2.24. The zero-order valence-electron chi connectivity index (χ0n) is 10.9. The summed E-state index contributed by atoms with van der Waals surface area (Å²) in [4.78, 5) is 0. The minimum atomic E-state index is -3.36. The van der Waals surface area contributed by atoms with Gasteiger partial charge in [-0.05, 0) is 25.7 Å². The molecule has 0 aromatic heterocycles. The number of aliphatic hydroxyl groups excluding tert-OH is 1. The van der Waals surface area contributed by atoms with Gasteiger partial charge >= 0.3 is 0 Å². The van der Waals surface area contributed by atoms with Crippen LogP contribution in [-0.2, 0) is 10.2 Å². The maximum atomic E-state index is 12.6. The van der Waals surface area contributed by atoms with Crippen LogP contribution in [0.4, 0.5) is 0 Å². The predicted molar refractivity (Wildman–Crippen MR) is 70.4 cm³/mol. The summed E-state index contributed by atoms with van der Waals surface area (Å²) in [6.07, 6.45) is 6.79. The molecule has 2 aliphatic heterocycles. The van der Waals surface area contributed by atoms with E-state index >= 15 is 0 Å². The first-order valence-electron chi connectivity index (χ1n) is 7.04. The lowest BCUT2D eigenvalue weighted by Crippen LogP contribution is -2.50. The standard InChI is InChI=1S/C12H24N2O3S/c15-11-12-7-3-1-6-10-14(12)18(16,17)13-8-4-2-5-9-13/h12,15H,1-11H2. The second-order valence-electron chi connectivity index (χ2n) is 5.26. The Balaban J connectivity index is 2.14. The lowest BCUT2D eigenvalue weighted by Gasteiger charge is -2.35. The van der Waals surface area contributed by atoms with Gasteiger partial charge in [-0.3, -0.25) is 0 Å². The van der Waals surface area contributed by atoms with Gasteiger partial charge in [0.05, 0.1) is 6.61 Å². The predicted octanol–water partition coefficient (Wildman–Crippen LogP) is 0.954. The summed E-state index contributed by atoms with van der Waals surface area (Å²) in [7, 11) is -3.36. The molecule has 1 unspecified atom stereocenters. The number of piperidine rings is 1. The highest BCUT2D eigenvalue weighted by Gasteiger charge is 2.35. The molecule has 0 spiro atoms. The van der Waals surface area contributed by atoms with E-state index in [9.17, 15) is 13.5 Å². The van der Waals surface area contributed by atoms with Crippen molar-refractivity contribution in [3.05, 3.63) is 0 Å². The van der Waals surface area contributed by atoms with Gasteiger partial charge in [-0.1, -0.05) is 19.3 Å². The summed E-state index contributed by atoms with van der Waals surface area (Å²) >= 11 is 0. The van der Waals surface area contributed by atoms with Crippen molar-refractivity contribution in [1.82, 2.24) is 8.61 Å². The highest BCUT2D eigenvalue weighted by atomic mass is 32.2. The van der Waals surface area contributed by atoms with Crippen LogP contribution < -0.4 is 0 Å². The molecular formula is C12H24N2O3S. The van der Waals surface area contributed by atoms with Crippen LogP contribution in [0.2, 0.25) is 0 Å². The highest BCUT2D eigenvalue weighted by molar-refractivity contribution is 7.86. The van der Waals surface area contributed by atoms with Crippen molar-refractivity contribution in [2.45, 2.75) is 51.0 Å². The number of hydrogen-bond donors (Lipinski definition) is 1. The molecule has 0 bridgehead atoms. The second kappa shape index (κ2) is 6.32. The molecular weight excluding hydrogens is 252 g/mol. The van der Waals surface area contributed by atoms with Gasteiger partial charge in [0, 0.05) is 25.7 Å². The molecule has 0 radical (unpaired) electrons. The molecule has 2 heterocycles. The van der Waals surface area contributed by atoms with Crippen LogP contribution in [0.5, 0.6) is 0 Å². The van der Waals surface area contributed by atoms with Crippen LogP contribution in [0.1, 0.15) is 44.9 Å². The fourth-order valence-electron chi connectivity index (χ4n) is 2.88. The quantitative estimate of drug-likeness (QED) is 0.835. The molecule has 0 aromatic rings. The molecule has 1 atom stereocenters. The Morgan fingerprint density at radius 2 is 1.56 bits per heavy atom. The average Bonchev–Trinajstić information content (AvgIpc) is 2.65. The third-order valence-corrected chi connectivity index (χ3v) is 6.06. The number of rotatable bonds is 3. The first kappa shape index (κ1) is 14.2. The fraction of sp³-hybridized carbons (Fsp3) is 1.00. The molecule has 106 valence electrons. The maximum Gasteiger partial charge on any atom is 0.282 e. The van der Waals surface area contributed by atoms with Gasteiger partial charge < -0.3 is 5.11 Å². The molecule has 0 amide bonds. The van der Waals surface area contributed by atoms with Crippen LogP contribution in [-0.4, -0.2) is 54.4 Å². The molecule has 0 saturated carbocycles. The minimum absolute atomic E-state index is 0.0624. The third-order valence-electron chi connectivity index (χ3n) is 3.97. The summed E-state index contributed by atoms with van der Waals surface area (Å²) in [5.74, 6) is 0. The molecule has 0 aliphatic carbocycles. The first-order valence-corrected chi connectivity index (χ1v) is 8.44. The van der Waals surface area contributed by atoms with Crippen molar-refractivity contribution in [2.75, 3.05) is 26.2 Å². The Morgan fingerprint density at radius 3 is 2.22 bits per heavy atom. The Bertz CT molecular complexity index is 352. The minimum Gasteiger partial charge on any atom is -0.395 e. The lowest BCUT2D eigenvalue weighted by molar-refractivity contribution is 0.176. The molecule has 6 heteroatoms. The molecule has 2 aliphatic rings. The van der Waals surface area contributed by atoms with Gasteiger partial charge in [0.2, 0.25) is 0 Å². The molecule has 2 saturated heterocycles. The van der Waals surface area contributed by atoms with Crippen LogP contribution in [0, 0.1) is 0 Å². The summed E-state index contributed by atoms with van der Waals surface area (Å²) in [6, 6.07) is -0.223. The van der Waals surface area contributed by atoms with Crippen molar-refractivity contribution >= 4 is 10.2 Å². The number of hydrogen-bond acceptors (Lipinski definition) is 3. The first-order chi connectivity index (χ1) is 8.66. The van der Waals surface area contributed by atoms with Crippen molar-refractivity contribution in [3.8, 4) is 0 Å². The van der Waals surface area contributed by atoms with Crippen LogP contribution in [0.25, 0.3) is 0 Å². The summed E-state index contributed by atoms with van der Waals surface area (Å²) in [5, 5.41) is 9.42. The van der Waals surface area contributed by atoms with E-state index in [1.807, 2.05) is 0 Å². The van der Waals surface area contributed by atoms with Crippen LogP contribution in [0.3, 0.4) is 0 Å². The molecule has 2 rings (SSSR count). The second-order valence-corrected chi connectivity index (χ2v) is 7.15. The fourth-order valence-corrected chi connectivity index (χ4v) is 4.81. The van der Waals surface area contributed by atoms with Crippen molar-refractivity contribution in [3.63, 3.8) is 0 Å². The van der Waals surface area contributed by atoms with E-state index in [2.05, 4.69) is 0 Å². The van der Waals surface area contributed by atoms with Crippen molar-refractivity contribution in [2.24, 2.45) is 0 Å². The van der Waals surface area contributed by atoms with Gasteiger partial charge in [0.15, 0.2) is 0 Å². The topological polar surface area (TPSA) is 60.9 Å². The van der Waals surface area contributed by atoms with Crippen LogP contribution >= 0.6 is 0 Å². The average molecular weight is 276 g/mol. The van der Waals surface area contributed by atoms with E-state index in [0.29, 0.717) is 19.6 Å². The van der Waals surface area contributed by atoms with Gasteiger partial charge in [0.1, 0.15) is 0 Å². The van der Waals surface area contributed by atoms with E-state index in [1.165, 1.54) is 0 Å². The zero-order valence-corrected chi connectivity index (χ0v) is 11.7. The van der Waals surface area contributed by atoms with Gasteiger partial charge in [-0.25, -0.2) is 0 Å². The van der Waals surface area contributed by atoms with Crippen LogP contribution in [0.15, 0.2) is 0 Å². The maximum absolute atomic E-state index is 12.6. The summed E-state index contributed by atoms with van der Waals surface area (Å²) in [6.45, 7) is 1.77. The SMILES string of the molecule is O=S(=O)(N1CCCCC1)N1CCCCCC1CO. The molecule has 0 aromatic carbocycles. The molecule has 2 fully saturated rings. The largest absolute Gasteiger partial charge is 0.395 e. The Labute approximate surface area is 110 Å². The van der Waals surface area contributed by atoms with Gasteiger partial charge in [-0.15, -0.1) is 0 Å². The van der Waals surface area contributed by atoms with E-state index in [0.717, 1.165) is 44.9 Å². The number of nitrogens with zero attached hydrogens (tertiary/aromatic N) is 2. The van der Waals surface area contributed by atoms with Crippen molar-refractivity contribution < 1.29 is 13.5 Å². The lowest BCUT2D eigenvalue weighted by atomic mass is 10.1. The molecule has 1 N–H and O–H groups in total. The van der Waals surface area contributed by atoms with E-state index in [1.54, 1.807) is 8.61 Å². The van der Waals surface area contributed by atoms with E-state index < -0.39 is 10.2 Å². The summed E-state index contributed by atoms with van der Waals surface area (Å²) in [5.41, 5.74) is 0. The Morgan fingerprint density at radius 1 is 0.944 bits per heavy atom. The molecule has 5 nitrogen and oxygen atoms in total. The van der Waals surface area contributed by atoms with E-state index in [-0.39, 0.29) is 12.6 Å².